The second kappa shape index (κ2) is 12.8. The fourth-order valence-corrected chi connectivity index (χ4v) is 10.8. The molecule has 6 aromatic carbocycles. The predicted molar refractivity (Wildman–Crippen MR) is 230 cm³/mol. The van der Waals surface area contributed by atoms with Gasteiger partial charge in [0.05, 0.1) is 16.6 Å². The zero-order chi connectivity index (χ0) is 37.2. The minimum atomic E-state index is -3.25. The van der Waals surface area contributed by atoms with E-state index in [4.69, 9.17) is 9.97 Å². The Labute approximate surface area is 322 Å². The first-order valence-corrected chi connectivity index (χ1v) is 20.4. The number of pyridine rings is 4. The summed E-state index contributed by atoms with van der Waals surface area (Å²) >= 11 is 0. The maximum Gasteiger partial charge on any atom is 0.188 e. The van der Waals surface area contributed by atoms with Gasteiger partial charge in [0.25, 0.3) is 0 Å². The first-order chi connectivity index (χ1) is 27.6. The molecule has 0 aliphatic carbocycles. The predicted octanol–water partition coefficient (Wildman–Crippen LogP) is 10.2. The first-order valence-electron chi connectivity index (χ1n) is 18.7. The maximum atomic E-state index is 14.9. The highest BCUT2D eigenvalue weighted by atomic mass is 31.2. The summed E-state index contributed by atoms with van der Waals surface area (Å²) in [5.74, 6) is 0. The number of aromatic nitrogens is 5. The summed E-state index contributed by atoms with van der Waals surface area (Å²) < 4.78 is 17.2. The summed E-state index contributed by atoms with van der Waals surface area (Å²) in [6.45, 7) is 0. The number of benzene rings is 6. The number of fused-ring (bicyclic) bond motifs is 11. The van der Waals surface area contributed by atoms with Gasteiger partial charge in [-0.15, -0.1) is 0 Å². The lowest BCUT2D eigenvalue weighted by atomic mass is 9.98. The molecule has 6 nitrogen and oxygen atoms in total. The smallest absolute Gasteiger partial charge is 0.188 e. The van der Waals surface area contributed by atoms with Crippen LogP contribution in [-0.2, 0) is 11.0 Å². The molecule has 0 bridgehead atoms. The number of imidazole rings is 1. The van der Waals surface area contributed by atoms with Crippen molar-refractivity contribution >= 4 is 83.1 Å². The molecule has 264 valence electrons. The van der Waals surface area contributed by atoms with Crippen LogP contribution in [0.15, 0.2) is 183 Å². The van der Waals surface area contributed by atoms with Crippen LogP contribution in [0.5, 0.6) is 0 Å². The van der Waals surface area contributed by atoms with Crippen molar-refractivity contribution in [1.82, 2.24) is 24.3 Å². The average Bonchev–Trinajstić information content (AvgIpc) is 3.65. The van der Waals surface area contributed by atoms with Crippen molar-refractivity contribution in [2.24, 2.45) is 0 Å². The van der Waals surface area contributed by atoms with Gasteiger partial charge in [0, 0.05) is 63.3 Å². The van der Waals surface area contributed by atoms with E-state index in [0.29, 0.717) is 16.0 Å². The Morgan fingerprint density at radius 3 is 1.95 bits per heavy atom. The third-order valence-electron chi connectivity index (χ3n) is 11.1. The monoisotopic (exact) mass is 737 g/mol. The van der Waals surface area contributed by atoms with Crippen molar-refractivity contribution in [2.45, 2.75) is 6.42 Å². The lowest BCUT2D eigenvalue weighted by Crippen LogP contribution is -2.27. The highest BCUT2D eigenvalue weighted by Crippen LogP contribution is 2.42. The zero-order valence-electron chi connectivity index (χ0n) is 30.1. The Morgan fingerprint density at radius 2 is 1.18 bits per heavy atom. The third-order valence-corrected chi connectivity index (χ3v) is 14.0. The second-order valence-electron chi connectivity index (χ2n) is 14.3. The number of hydrogen-bond donors (Lipinski definition) is 0. The molecule has 0 fully saturated rings. The van der Waals surface area contributed by atoms with Gasteiger partial charge in [0.2, 0.25) is 0 Å². The van der Waals surface area contributed by atoms with Crippen LogP contribution in [0, 0.1) is 0 Å². The van der Waals surface area contributed by atoms with E-state index in [1.165, 1.54) is 32.7 Å². The van der Waals surface area contributed by atoms with E-state index in [2.05, 4.69) is 130 Å². The molecule has 11 aromatic rings. The summed E-state index contributed by atoms with van der Waals surface area (Å²) in [4.78, 5) is 18.4. The standard InChI is InChI=1S/C49H32N5OP/c55-56(39-19-23-50-24-20-39,40-21-25-51-26-22-40)47-18-14-38(31-52-47)36-12-15-41-37(30-36)13-16-43-42-7-3-4-8-44(42)49-53-45-17-10-33(29-46(45)54(49)48(41)43)27-32-9-11-34-5-1-2-6-35(34)28-32/h1-26,28-31H,27H2. The molecule has 0 aliphatic rings. The quantitative estimate of drug-likeness (QED) is 0.126. The van der Waals surface area contributed by atoms with Gasteiger partial charge in [-0.25, -0.2) is 4.98 Å². The molecule has 0 radical (unpaired) electrons. The van der Waals surface area contributed by atoms with E-state index in [1.807, 2.05) is 18.3 Å². The summed E-state index contributed by atoms with van der Waals surface area (Å²) in [7, 11) is -3.25. The van der Waals surface area contributed by atoms with Gasteiger partial charge in [-0.2, -0.15) is 0 Å². The van der Waals surface area contributed by atoms with Crippen LogP contribution < -0.4 is 16.0 Å². The molecule has 0 saturated carbocycles. The molecule has 56 heavy (non-hydrogen) atoms. The zero-order valence-corrected chi connectivity index (χ0v) is 31.0. The van der Waals surface area contributed by atoms with E-state index in [1.54, 1.807) is 49.1 Å². The van der Waals surface area contributed by atoms with Crippen molar-refractivity contribution in [2.75, 3.05) is 0 Å². The summed E-state index contributed by atoms with van der Waals surface area (Å²) in [5.41, 5.74) is 9.18. The number of nitrogens with zero attached hydrogens (tertiary/aromatic N) is 5. The van der Waals surface area contributed by atoms with Crippen molar-refractivity contribution in [1.29, 1.82) is 0 Å². The Morgan fingerprint density at radius 1 is 0.518 bits per heavy atom. The van der Waals surface area contributed by atoms with E-state index < -0.39 is 7.14 Å². The van der Waals surface area contributed by atoms with Crippen molar-refractivity contribution < 1.29 is 4.57 Å². The van der Waals surface area contributed by atoms with Crippen LogP contribution in [-0.4, -0.2) is 24.3 Å². The van der Waals surface area contributed by atoms with Crippen LogP contribution >= 0.6 is 7.14 Å². The van der Waals surface area contributed by atoms with Crippen molar-refractivity contribution in [3.63, 3.8) is 0 Å². The summed E-state index contributed by atoms with van der Waals surface area (Å²) in [5, 5.41) is 9.63. The van der Waals surface area contributed by atoms with Crippen LogP contribution in [0.25, 0.3) is 71.0 Å². The molecule has 0 aliphatic heterocycles. The SMILES string of the molecule is O=P(c1ccncc1)(c1ccncc1)c1ccc(-c2ccc3c(ccc4c5ccccc5c5nc6ccc(Cc7ccc8ccccc8c7)cc6n5c34)c2)cn1. The minimum absolute atomic E-state index is 0.520. The van der Waals surface area contributed by atoms with Gasteiger partial charge in [-0.3, -0.25) is 19.4 Å². The van der Waals surface area contributed by atoms with Crippen LogP contribution in [0.2, 0.25) is 0 Å². The van der Waals surface area contributed by atoms with Gasteiger partial charge in [-0.1, -0.05) is 103 Å². The van der Waals surface area contributed by atoms with Gasteiger partial charge < -0.3 is 4.57 Å². The molecule has 0 N–H and O–H groups in total. The van der Waals surface area contributed by atoms with Gasteiger partial charge >= 0.3 is 0 Å². The maximum absolute atomic E-state index is 14.9. The molecule has 5 heterocycles. The molecule has 0 spiro atoms. The molecular weight excluding hydrogens is 706 g/mol. The van der Waals surface area contributed by atoms with Crippen molar-refractivity contribution in [3.8, 4) is 11.1 Å². The van der Waals surface area contributed by atoms with Crippen LogP contribution in [0.1, 0.15) is 11.1 Å². The van der Waals surface area contributed by atoms with Crippen LogP contribution in [0.4, 0.5) is 0 Å². The molecule has 0 unspecified atom stereocenters. The Balaban J connectivity index is 1.05. The lowest BCUT2D eigenvalue weighted by Gasteiger charge is -2.19. The Kier molecular flexibility index (Phi) is 7.41. The molecule has 11 rings (SSSR count). The largest absolute Gasteiger partial charge is 0.307 e. The van der Waals surface area contributed by atoms with E-state index in [9.17, 15) is 4.57 Å². The molecule has 0 saturated heterocycles. The summed E-state index contributed by atoms with van der Waals surface area (Å²) in [6, 6.07) is 52.7. The van der Waals surface area contributed by atoms with E-state index in [-0.39, 0.29) is 0 Å². The first kappa shape index (κ1) is 32.4. The third kappa shape index (κ3) is 5.14. The molecule has 5 aromatic heterocycles. The highest BCUT2D eigenvalue weighted by molar-refractivity contribution is 7.85. The minimum Gasteiger partial charge on any atom is -0.307 e. The van der Waals surface area contributed by atoms with Gasteiger partial charge in [0.15, 0.2) is 7.14 Å². The molecule has 0 atom stereocenters. The Bertz CT molecular complexity index is 3320. The highest BCUT2D eigenvalue weighted by Gasteiger charge is 2.31. The fourth-order valence-electron chi connectivity index (χ4n) is 8.35. The molecular formula is C49H32N5OP. The van der Waals surface area contributed by atoms with E-state index >= 15 is 0 Å². The average molecular weight is 738 g/mol. The van der Waals surface area contributed by atoms with Gasteiger partial charge in [0.1, 0.15) is 11.1 Å². The normalized spacial score (nSPS) is 12.1. The number of rotatable bonds is 6. The summed E-state index contributed by atoms with van der Waals surface area (Å²) in [6.07, 6.45) is 9.35. The Hall–Kier alpha value is -7.01. The van der Waals surface area contributed by atoms with Crippen LogP contribution in [0.3, 0.4) is 0 Å². The van der Waals surface area contributed by atoms with Crippen molar-refractivity contribution in [3.05, 3.63) is 194 Å². The molecule has 7 heteroatoms. The fraction of sp³-hybridized carbons (Fsp3) is 0.0204. The van der Waals surface area contributed by atoms with E-state index in [0.717, 1.165) is 55.9 Å². The van der Waals surface area contributed by atoms with Gasteiger partial charge in [-0.05, 0) is 93.2 Å². The second-order valence-corrected chi connectivity index (χ2v) is 17.0. The lowest BCUT2D eigenvalue weighted by molar-refractivity contribution is 0.592. The topological polar surface area (TPSA) is 73.0 Å². The molecule has 0 amide bonds. The number of hydrogen-bond acceptors (Lipinski definition) is 5.